The summed E-state index contributed by atoms with van der Waals surface area (Å²) in [7, 11) is 0. The van der Waals surface area contributed by atoms with Crippen molar-refractivity contribution in [3.8, 4) is 5.75 Å². The minimum atomic E-state index is -0.852. The summed E-state index contributed by atoms with van der Waals surface area (Å²) in [5.41, 5.74) is 4.48. The van der Waals surface area contributed by atoms with Crippen LogP contribution in [0.3, 0.4) is 0 Å². The summed E-state index contributed by atoms with van der Waals surface area (Å²) >= 11 is 0. The number of aromatic nitrogens is 2. The summed E-state index contributed by atoms with van der Waals surface area (Å²) in [5.74, 6) is -0.629. The molecule has 1 fully saturated rings. The Bertz CT molecular complexity index is 1520. The summed E-state index contributed by atoms with van der Waals surface area (Å²) in [5, 5.41) is 11.5. The molecule has 1 aliphatic rings. The van der Waals surface area contributed by atoms with E-state index < -0.39 is 17.7 Å². The van der Waals surface area contributed by atoms with Crippen LogP contribution in [0.1, 0.15) is 55.0 Å². The number of fused-ring (bicyclic) bond motifs is 1. The third-order valence-electron chi connectivity index (χ3n) is 6.61. The van der Waals surface area contributed by atoms with Crippen molar-refractivity contribution in [2.45, 2.75) is 39.7 Å². The van der Waals surface area contributed by atoms with Crippen LogP contribution in [0.2, 0.25) is 0 Å². The van der Waals surface area contributed by atoms with Crippen LogP contribution in [0.25, 0.3) is 16.8 Å². The molecule has 188 valence electrons. The van der Waals surface area contributed by atoms with Crippen LogP contribution in [-0.2, 0) is 9.59 Å². The number of nitrogens with zero attached hydrogens (tertiary/aromatic N) is 2. The number of para-hydroxylation sites is 2. The van der Waals surface area contributed by atoms with Crippen molar-refractivity contribution in [1.29, 1.82) is 0 Å². The minimum Gasteiger partial charge on any atom is -0.507 e. The van der Waals surface area contributed by atoms with Gasteiger partial charge in [0.2, 0.25) is 5.95 Å². The zero-order chi connectivity index (χ0) is 26.3. The van der Waals surface area contributed by atoms with E-state index in [0.717, 1.165) is 22.4 Å². The van der Waals surface area contributed by atoms with Crippen LogP contribution in [0.5, 0.6) is 5.75 Å². The smallest absolute Gasteiger partial charge is 0.302 e. The van der Waals surface area contributed by atoms with Crippen molar-refractivity contribution < 1.29 is 19.4 Å². The molecule has 0 spiro atoms. The summed E-state index contributed by atoms with van der Waals surface area (Å²) in [6, 6.07) is 19.5. The number of nitrogens with one attached hydrogen (secondary N) is 1. The van der Waals surface area contributed by atoms with Gasteiger partial charge in [-0.2, -0.15) is 0 Å². The normalized spacial score (nSPS) is 17.2. The van der Waals surface area contributed by atoms with E-state index in [2.05, 4.69) is 9.97 Å². The van der Waals surface area contributed by atoms with Gasteiger partial charge in [-0.05, 0) is 61.2 Å². The first kappa shape index (κ1) is 24.3. The molecule has 2 heterocycles. The van der Waals surface area contributed by atoms with Crippen LogP contribution in [0, 0.1) is 6.92 Å². The Morgan fingerprint density at radius 2 is 1.86 bits per heavy atom. The zero-order valence-corrected chi connectivity index (χ0v) is 21.3. The maximum atomic E-state index is 13.5. The van der Waals surface area contributed by atoms with E-state index in [0.29, 0.717) is 23.3 Å². The molecule has 0 aliphatic carbocycles. The van der Waals surface area contributed by atoms with Gasteiger partial charge in [0, 0.05) is 5.56 Å². The molecule has 5 rings (SSSR count). The van der Waals surface area contributed by atoms with Gasteiger partial charge in [-0.15, -0.1) is 0 Å². The molecule has 7 nitrogen and oxygen atoms in total. The monoisotopic (exact) mass is 495 g/mol. The molecule has 7 heteroatoms. The van der Waals surface area contributed by atoms with Gasteiger partial charge in [-0.1, -0.05) is 55.8 Å². The molecular formula is C30H29N3O4. The first-order valence-electron chi connectivity index (χ1n) is 12.4. The Balaban J connectivity index is 1.72. The van der Waals surface area contributed by atoms with E-state index in [1.54, 1.807) is 12.1 Å². The average molecular weight is 496 g/mol. The maximum absolute atomic E-state index is 13.5. The van der Waals surface area contributed by atoms with E-state index >= 15 is 0 Å². The van der Waals surface area contributed by atoms with E-state index in [4.69, 9.17) is 4.74 Å². The lowest BCUT2D eigenvalue weighted by Gasteiger charge is -2.23. The Kier molecular flexibility index (Phi) is 6.29. The van der Waals surface area contributed by atoms with E-state index in [9.17, 15) is 14.7 Å². The Labute approximate surface area is 215 Å². The highest BCUT2D eigenvalue weighted by atomic mass is 16.5. The van der Waals surface area contributed by atoms with Gasteiger partial charge in [0.25, 0.3) is 5.78 Å². The number of hydrogen-bond donors (Lipinski definition) is 2. The number of hydrogen-bond acceptors (Lipinski definition) is 5. The third-order valence-corrected chi connectivity index (χ3v) is 6.61. The highest BCUT2D eigenvalue weighted by Crippen LogP contribution is 2.42. The number of rotatable bonds is 6. The average Bonchev–Trinajstić information content (AvgIpc) is 3.42. The topological polar surface area (TPSA) is 95.5 Å². The van der Waals surface area contributed by atoms with Crippen LogP contribution in [0.15, 0.2) is 72.3 Å². The number of amides is 1. The molecule has 0 radical (unpaired) electrons. The maximum Gasteiger partial charge on any atom is 0.302 e. The second kappa shape index (κ2) is 9.58. The number of H-pyrrole nitrogens is 1. The fraction of sp³-hybridized carbons (Fsp3) is 0.233. The van der Waals surface area contributed by atoms with Crippen LogP contribution in [-0.4, -0.2) is 33.4 Å². The number of aliphatic hydroxyl groups is 1. The van der Waals surface area contributed by atoms with E-state index in [1.807, 2.05) is 82.3 Å². The van der Waals surface area contributed by atoms with Crippen molar-refractivity contribution in [3.63, 3.8) is 0 Å². The van der Waals surface area contributed by atoms with Gasteiger partial charge in [0.05, 0.1) is 29.3 Å². The van der Waals surface area contributed by atoms with Gasteiger partial charge in [-0.3, -0.25) is 14.5 Å². The number of benzene rings is 3. The number of Topliss-reactive ketones (excluding diaryl/α,β-unsaturated/α-hetero) is 1. The number of carbonyl (C=O) groups is 2. The molecule has 1 amide bonds. The first-order chi connectivity index (χ1) is 17.8. The number of ketones is 1. The zero-order valence-electron chi connectivity index (χ0n) is 21.3. The first-order valence-corrected chi connectivity index (χ1v) is 12.4. The Morgan fingerprint density at radius 3 is 2.57 bits per heavy atom. The summed E-state index contributed by atoms with van der Waals surface area (Å²) in [4.78, 5) is 36.1. The van der Waals surface area contributed by atoms with Crippen molar-refractivity contribution >= 4 is 34.4 Å². The number of carbonyl (C=O) groups excluding carboxylic acids is 2. The molecule has 1 aromatic heterocycles. The molecule has 0 saturated carbocycles. The van der Waals surface area contributed by atoms with Gasteiger partial charge in [0.1, 0.15) is 11.5 Å². The highest BCUT2D eigenvalue weighted by molar-refractivity contribution is 6.51. The SMILES string of the molecule is CCOc1ccc(/C(O)=C2\C(=O)C(=O)N(c3nc4ccccc4[nH]3)C2c2cccc(C)c2)cc1C(C)C. The molecule has 1 atom stereocenters. The molecule has 1 aliphatic heterocycles. The Hall–Kier alpha value is -4.39. The van der Waals surface area contributed by atoms with Crippen LogP contribution in [0.4, 0.5) is 5.95 Å². The van der Waals surface area contributed by atoms with Crippen molar-refractivity contribution in [2.24, 2.45) is 0 Å². The third kappa shape index (κ3) is 4.27. The lowest BCUT2D eigenvalue weighted by atomic mass is 9.92. The fourth-order valence-electron chi connectivity index (χ4n) is 4.85. The lowest BCUT2D eigenvalue weighted by Crippen LogP contribution is -2.30. The number of aliphatic hydroxyl groups excluding tert-OH is 1. The second-order valence-corrected chi connectivity index (χ2v) is 9.50. The van der Waals surface area contributed by atoms with Gasteiger partial charge >= 0.3 is 5.91 Å². The number of aryl methyl sites for hydroxylation is 1. The van der Waals surface area contributed by atoms with Crippen molar-refractivity contribution in [1.82, 2.24) is 9.97 Å². The lowest BCUT2D eigenvalue weighted by molar-refractivity contribution is -0.132. The van der Waals surface area contributed by atoms with Gasteiger partial charge in [-0.25, -0.2) is 4.98 Å². The predicted octanol–water partition coefficient (Wildman–Crippen LogP) is 6.02. The number of anilines is 1. The van der Waals surface area contributed by atoms with Crippen LogP contribution < -0.4 is 9.64 Å². The molecule has 3 aromatic carbocycles. The molecule has 1 unspecified atom stereocenters. The van der Waals surface area contributed by atoms with Crippen molar-refractivity contribution in [3.05, 3.63) is 94.6 Å². The quantitative estimate of drug-likeness (QED) is 0.194. The standard InChI is InChI=1S/C30H29N3O4/c1-5-37-24-14-13-20(16-21(24)17(2)3)27(34)25-26(19-10-8-9-18(4)15-19)33(29(36)28(25)35)30-31-22-11-6-7-12-23(22)32-30/h6-17,26,34H,5H2,1-4H3,(H,31,32)/b27-25+. The van der Waals surface area contributed by atoms with Crippen LogP contribution >= 0.6 is 0 Å². The van der Waals surface area contributed by atoms with Gasteiger partial charge in [0.15, 0.2) is 0 Å². The molecule has 2 N–H and O–H groups in total. The minimum absolute atomic E-state index is 0.0231. The molecule has 37 heavy (non-hydrogen) atoms. The van der Waals surface area contributed by atoms with Gasteiger partial charge < -0.3 is 14.8 Å². The Morgan fingerprint density at radius 1 is 1.08 bits per heavy atom. The van der Waals surface area contributed by atoms with E-state index in [1.165, 1.54) is 4.90 Å². The largest absolute Gasteiger partial charge is 0.507 e. The molecule has 4 aromatic rings. The summed E-state index contributed by atoms with van der Waals surface area (Å²) in [6.45, 7) is 8.45. The number of aromatic amines is 1. The second-order valence-electron chi connectivity index (χ2n) is 9.50. The predicted molar refractivity (Wildman–Crippen MR) is 144 cm³/mol. The summed E-state index contributed by atoms with van der Waals surface area (Å²) in [6.07, 6.45) is 0. The number of imidazole rings is 1. The molecular weight excluding hydrogens is 466 g/mol. The van der Waals surface area contributed by atoms with E-state index in [-0.39, 0.29) is 23.2 Å². The molecule has 0 bridgehead atoms. The fourth-order valence-corrected chi connectivity index (χ4v) is 4.85. The molecule has 1 saturated heterocycles. The number of ether oxygens (including phenoxy) is 1. The van der Waals surface area contributed by atoms with Crippen molar-refractivity contribution in [2.75, 3.05) is 11.5 Å². The highest BCUT2D eigenvalue weighted by Gasteiger charge is 2.48. The summed E-state index contributed by atoms with van der Waals surface area (Å²) < 4.78 is 5.76.